The van der Waals surface area contributed by atoms with Gasteiger partial charge < -0.3 is 9.64 Å². The number of benzene rings is 2. The van der Waals surface area contributed by atoms with Crippen molar-refractivity contribution in [2.75, 3.05) is 37.7 Å². The van der Waals surface area contributed by atoms with Crippen LogP contribution in [0.1, 0.15) is 32.1 Å². The molecule has 3 aromatic rings. The van der Waals surface area contributed by atoms with Crippen molar-refractivity contribution < 1.29 is 13.2 Å². The fraction of sp³-hybridized carbons (Fsp3) is 0.407. The van der Waals surface area contributed by atoms with Crippen molar-refractivity contribution in [3.05, 3.63) is 77.2 Å². The number of nitrogens with zero attached hydrogens (tertiary/aromatic N) is 4. The van der Waals surface area contributed by atoms with Crippen molar-refractivity contribution >= 4 is 15.7 Å². The summed E-state index contributed by atoms with van der Waals surface area (Å²) in [4.78, 5) is 15.9. The van der Waals surface area contributed by atoms with Crippen molar-refractivity contribution in [3.63, 3.8) is 0 Å². The molecule has 1 saturated heterocycles. The summed E-state index contributed by atoms with van der Waals surface area (Å²) in [6.45, 7) is 2.04. The summed E-state index contributed by atoms with van der Waals surface area (Å²) >= 11 is 0. The standard InChI is InChI=1S/C27H32N4O4S/c32-27-26(35-21-22-10-4-1-5-11-22)25(20-28-31(27)23-12-6-2-7-13-23)29-16-18-30(19-17-29)36(33,34)24-14-8-3-9-15-24/h2-3,6-9,12-15,20,22H,1,4-5,10-11,16-19,21H2. The van der Waals surface area contributed by atoms with E-state index in [-0.39, 0.29) is 5.56 Å². The van der Waals surface area contributed by atoms with Gasteiger partial charge in [-0.25, -0.2) is 8.42 Å². The molecule has 0 bridgehead atoms. The van der Waals surface area contributed by atoms with Gasteiger partial charge in [0.15, 0.2) is 0 Å². The summed E-state index contributed by atoms with van der Waals surface area (Å²) in [5.74, 6) is 0.732. The fourth-order valence-electron chi connectivity index (χ4n) is 5.01. The van der Waals surface area contributed by atoms with Crippen LogP contribution < -0.4 is 15.2 Å². The molecule has 1 aliphatic carbocycles. The quantitative estimate of drug-likeness (QED) is 0.484. The number of hydrogen-bond acceptors (Lipinski definition) is 6. The zero-order chi connectivity index (χ0) is 25.0. The van der Waals surface area contributed by atoms with Crippen LogP contribution in [0.3, 0.4) is 0 Å². The number of hydrogen-bond donors (Lipinski definition) is 0. The van der Waals surface area contributed by atoms with Crippen molar-refractivity contribution in [2.24, 2.45) is 5.92 Å². The highest BCUT2D eigenvalue weighted by molar-refractivity contribution is 7.89. The van der Waals surface area contributed by atoms with E-state index < -0.39 is 10.0 Å². The molecule has 0 amide bonds. The van der Waals surface area contributed by atoms with E-state index in [4.69, 9.17) is 4.74 Å². The molecule has 36 heavy (non-hydrogen) atoms. The molecule has 9 heteroatoms. The van der Waals surface area contributed by atoms with Gasteiger partial charge in [-0.2, -0.15) is 14.1 Å². The number of aromatic nitrogens is 2. The second-order valence-electron chi connectivity index (χ2n) is 9.43. The maximum atomic E-state index is 13.6. The van der Waals surface area contributed by atoms with E-state index in [9.17, 15) is 13.2 Å². The lowest BCUT2D eigenvalue weighted by Crippen LogP contribution is -2.49. The van der Waals surface area contributed by atoms with Gasteiger partial charge in [-0.1, -0.05) is 55.7 Å². The van der Waals surface area contributed by atoms with Crippen LogP contribution >= 0.6 is 0 Å². The highest BCUT2D eigenvalue weighted by Crippen LogP contribution is 2.29. The minimum Gasteiger partial charge on any atom is -0.486 e. The molecule has 2 aliphatic rings. The molecular weight excluding hydrogens is 476 g/mol. The Morgan fingerprint density at radius 3 is 2.17 bits per heavy atom. The summed E-state index contributed by atoms with van der Waals surface area (Å²) in [5.41, 5.74) is 1.00. The Bertz CT molecular complexity index is 1310. The van der Waals surface area contributed by atoms with E-state index in [1.54, 1.807) is 36.5 Å². The lowest BCUT2D eigenvalue weighted by molar-refractivity contribution is 0.206. The van der Waals surface area contributed by atoms with Gasteiger partial charge in [0.2, 0.25) is 15.8 Å². The summed E-state index contributed by atoms with van der Waals surface area (Å²) in [6.07, 6.45) is 7.55. The van der Waals surface area contributed by atoms with Crippen LogP contribution in [0, 0.1) is 5.92 Å². The van der Waals surface area contributed by atoms with Crippen molar-refractivity contribution in [2.45, 2.75) is 37.0 Å². The Kier molecular flexibility index (Phi) is 7.38. The zero-order valence-electron chi connectivity index (χ0n) is 20.3. The summed E-state index contributed by atoms with van der Waals surface area (Å²) < 4.78 is 35.2. The van der Waals surface area contributed by atoms with E-state index in [2.05, 4.69) is 5.10 Å². The number of rotatable bonds is 7. The third-order valence-corrected chi connectivity index (χ3v) is 8.98. The predicted molar refractivity (Wildman–Crippen MR) is 139 cm³/mol. The molecule has 8 nitrogen and oxygen atoms in total. The van der Waals surface area contributed by atoms with Gasteiger partial charge in [-0.3, -0.25) is 4.79 Å². The first kappa shape index (κ1) is 24.5. The van der Waals surface area contributed by atoms with Gasteiger partial charge in [-0.15, -0.1) is 0 Å². The number of ether oxygens (including phenoxy) is 1. The molecule has 1 aromatic heterocycles. The monoisotopic (exact) mass is 508 g/mol. The molecule has 0 spiro atoms. The molecule has 2 heterocycles. The average molecular weight is 509 g/mol. The summed E-state index contributed by atoms with van der Waals surface area (Å²) in [5, 5.41) is 4.45. The Hall–Kier alpha value is -3.17. The second kappa shape index (κ2) is 10.8. The molecule has 0 radical (unpaired) electrons. The molecule has 0 unspecified atom stereocenters. The van der Waals surface area contributed by atoms with Crippen molar-refractivity contribution in [3.8, 4) is 11.4 Å². The van der Waals surface area contributed by atoms with Crippen LogP contribution in [0.15, 0.2) is 76.6 Å². The molecule has 5 rings (SSSR count). The molecule has 2 fully saturated rings. The van der Waals surface area contributed by atoms with E-state index in [1.165, 1.54) is 28.2 Å². The first-order chi connectivity index (χ1) is 17.5. The molecule has 0 N–H and O–H groups in total. The van der Waals surface area contributed by atoms with Crippen LogP contribution in [-0.2, 0) is 10.0 Å². The van der Waals surface area contributed by atoms with E-state index >= 15 is 0 Å². The topological polar surface area (TPSA) is 84.7 Å². The van der Waals surface area contributed by atoms with Crippen LogP contribution in [0.5, 0.6) is 5.75 Å². The molecule has 190 valence electrons. The summed E-state index contributed by atoms with van der Waals surface area (Å²) in [7, 11) is -3.56. The minimum absolute atomic E-state index is 0.291. The third kappa shape index (κ3) is 5.17. The first-order valence-electron chi connectivity index (χ1n) is 12.6. The van der Waals surface area contributed by atoms with Crippen LogP contribution in [0.2, 0.25) is 0 Å². The van der Waals surface area contributed by atoms with Crippen molar-refractivity contribution in [1.29, 1.82) is 0 Å². The van der Waals surface area contributed by atoms with E-state index in [0.717, 1.165) is 12.8 Å². The van der Waals surface area contributed by atoms with E-state index in [1.807, 2.05) is 35.2 Å². The van der Waals surface area contributed by atoms with Gasteiger partial charge in [-0.05, 0) is 43.0 Å². The number of piperazine rings is 1. The maximum Gasteiger partial charge on any atom is 0.316 e. The highest BCUT2D eigenvalue weighted by atomic mass is 32.2. The molecular formula is C27H32N4O4S. The molecule has 1 saturated carbocycles. The molecule has 0 atom stereocenters. The van der Waals surface area contributed by atoms with Crippen molar-refractivity contribution in [1.82, 2.24) is 14.1 Å². The van der Waals surface area contributed by atoms with E-state index in [0.29, 0.717) is 60.7 Å². The number of para-hydroxylation sites is 1. The highest BCUT2D eigenvalue weighted by Gasteiger charge is 2.30. The van der Waals surface area contributed by atoms with Gasteiger partial charge in [0.05, 0.1) is 23.4 Å². The summed E-state index contributed by atoms with van der Waals surface area (Å²) in [6, 6.07) is 17.8. The first-order valence-corrected chi connectivity index (χ1v) is 14.1. The fourth-order valence-corrected chi connectivity index (χ4v) is 6.45. The largest absolute Gasteiger partial charge is 0.486 e. The predicted octanol–water partition coefficient (Wildman–Crippen LogP) is 3.70. The average Bonchev–Trinajstić information content (AvgIpc) is 2.94. The third-order valence-electron chi connectivity index (χ3n) is 7.06. The van der Waals surface area contributed by atoms with Crippen LogP contribution in [-0.4, -0.2) is 55.3 Å². The van der Waals surface area contributed by atoms with Gasteiger partial charge in [0, 0.05) is 26.2 Å². The van der Waals surface area contributed by atoms with Gasteiger partial charge >= 0.3 is 5.56 Å². The van der Waals surface area contributed by atoms with Crippen LogP contribution in [0.25, 0.3) is 5.69 Å². The van der Waals surface area contributed by atoms with Gasteiger partial charge in [0.25, 0.3) is 0 Å². The zero-order valence-corrected chi connectivity index (χ0v) is 21.1. The Labute approximate surface area is 212 Å². The lowest BCUT2D eigenvalue weighted by Gasteiger charge is -2.35. The number of sulfonamides is 1. The molecule has 2 aromatic carbocycles. The van der Waals surface area contributed by atoms with Gasteiger partial charge in [0.1, 0.15) is 5.69 Å². The smallest absolute Gasteiger partial charge is 0.316 e. The SMILES string of the molecule is O=c1c(OCC2CCCCC2)c(N2CCN(S(=O)(=O)c3ccccc3)CC2)cnn1-c1ccccc1. The Morgan fingerprint density at radius 1 is 0.861 bits per heavy atom. The minimum atomic E-state index is -3.56. The number of anilines is 1. The Morgan fingerprint density at radius 2 is 1.50 bits per heavy atom. The Balaban J connectivity index is 1.39. The second-order valence-corrected chi connectivity index (χ2v) is 11.4. The normalized spacial score (nSPS) is 17.7. The maximum absolute atomic E-state index is 13.6. The van der Waals surface area contributed by atoms with Crippen LogP contribution in [0.4, 0.5) is 5.69 Å². The molecule has 1 aliphatic heterocycles. The lowest BCUT2D eigenvalue weighted by atomic mass is 9.90.